The van der Waals surface area contributed by atoms with Crippen molar-refractivity contribution in [3.8, 4) is 0 Å². The number of aryl methyl sites for hydroxylation is 1. The van der Waals surface area contributed by atoms with Gasteiger partial charge in [0.15, 0.2) is 0 Å². The summed E-state index contributed by atoms with van der Waals surface area (Å²) < 4.78 is 0. The highest BCUT2D eigenvalue weighted by molar-refractivity contribution is 7.11. The van der Waals surface area contributed by atoms with E-state index in [2.05, 4.69) is 24.0 Å². The fourth-order valence-electron chi connectivity index (χ4n) is 2.56. The van der Waals surface area contributed by atoms with E-state index < -0.39 is 0 Å². The van der Waals surface area contributed by atoms with Crippen LogP contribution in [0.15, 0.2) is 12.1 Å². The SMILES string of the molecule is Cc1ccc(CN2CCCCC2CCN)s1.Cl. The fraction of sp³-hybridized carbons (Fsp3) is 0.692. The molecule has 1 unspecified atom stereocenters. The van der Waals surface area contributed by atoms with E-state index in [1.54, 1.807) is 0 Å². The van der Waals surface area contributed by atoms with Gasteiger partial charge < -0.3 is 5.73 Å². The maximum Gasteiger partial charge on any atom is 0.0330 e. The minimum atomic E-state index is 0. The molecule has 2 nitrogen and oxygen atoms in total. The van der Waals surface area contributed by atoms with Crippen LogP contribution >= 0.6 is 23.7 Å². The summed E-state index contributed by atoms with van der Waals surface area (Å²) in [5, 5.41) is 0. The third-order valence-corrected chi connectivity index (χ3v) is 4.39. The Hall–Kier alpha value is -0.0900. The Balaban J connectivity index is 0.00000144. The molecule has 1 aromatic heterocycles. The summed E-state index contributed by atoms with van der Waals surface area (Å²) in [6, 6.07) is 5.22. The summed E-state index contributed by atoms with van der Waals surface area (Å²) in [4.78, 5) is 5.55. The number of rotatable bonds is 4. The molecule has 17 heavy (non-hydrogen) atoms. The molecule has 0 radical (unpaired) electrons. The van der Waals surface area contributed by atoms with Crippen LogP contribution in [0.5, 0.6) is 0 Å². The summed E-state index contributed by atoms with van der Waals surface area (Å²) in [5.74, 6) is 0. The van der Waals surface area contributed by atoms with E-state index in [9.17, 15) is 0 Å². The van der Waals surface area contributed by atoms with Crippen LogP contribution in [-0.2, 0) is 6.54 Å². The highest BCUT2D eigenvalue weighted by Gasteiger charge is 2.21. The van der Waals surface area contributed by atoms with E-state index in [0.717, 1.165) is 25.6 Å². The summed E-state index contributed by atoms with van der Waals surface area (Å²) >= 11 is 1.93. The predicted octanol–water partition coefficient (Wildman–Crippen LogP) is 3.18. The third-order valence-electron chi connectivity index (χ3n) is 3.40. The molecule has 1 fully saturated rings. The molecule has 2 heterocycles. The first-order valence-corrected chi connectivity index (χ1v) is 7.10. The van der Waals surface area contributed by atoms with Crippen molar-refractivity contribution in [3.05, 3.63) is 21.9 Å². The molecular weight excluding hydrogens is 252 g/mol. The van der Waals surface area contributed by atoms with Crippen LogP contribution in [0.1, 0.15) is 35.4 Å². The maximum absolute atomic E-state index is 5.70. The van der Waals surface area contributed by atoms with E-state index in [0.29, 0.717) is 0 Å². The van der Waals surface area contributed by atoms with E-state index in [1.165, 1.54) is 35.6 Å². The first kappa shape index (κ1) is 15.0. The van der Waals surface area contributed by atoms with Crippen LogP contribution in [0, 0.1) is 6.92 Å². The second-order valence-corrected chi connectivity index (χ2v) is 6.08. The molecule has 2 N–H and O–H groups in total. The maximum atomic E-state index is 5.70. The van der Waals surface area contributed by atoms with Crippen LogP contribution in [0.2, 0.25) is 0 Å². The highest BCUT2D eigenvalue weighted by Crippen LogP contribution is 2.24. The zero-order chi connectivity index (χ0) is 11.4. The van der Waals surface area contributed by atoms with Gasteiger partial charge in [0.05, 0.1) is 0 Å². The van der Waals surface area contributed by atoms with E-state index in [4.69, 9.17) is 5.73 Å². The van der Waals surface area contributed by atoms with Gasteiger partial charge in [0, 0.05) is 22.3 Å². The van der Waals surface area contributed by atoms with Gasteiger partial charge in [-0.1, -0.05) is 6.42 Å². The first-order valence-electron chi connectivity index (χ1n) is 6.29. The van der Waals surface area contributed by atoms with E-state index >= 15 is 0 Å². The average Bonchev–Trinajstić information content (AvgIpc) is 2.67. The van der Waals surface area contributed by atoms with Crippen molar-refractivity contribution in [3.63, 3.8) is 0 Å². The lowest BCUT2D eigenvalue weighted by atomic mass is 9.99. The van der Waals surface area contributed by atoms with E-state index in [1.807, 2.05) is 11.3 Å². The zero-order valence-corrected chi connectivity index (χ0v) is 12.2. The topological polar surface area (TPSA) is 29.3 Å². The number of halogens is 1. The first-order chi connectivity index (χ1) is 7.79. The van der Waals surface area contributed by atoms with Crippen molar-refractivity contribution in [1.82, 2.24) is 4.90 Å². The Morgan fingerprint density at radius 2 is 2.24 bits per heavy atom. The van der Waals surface area contributed by atoms with Gasteiger partial charge in [0.25, 0.3) is 0 Å². The normalized spacial score (nSPS) is 21.2. The zero-order valence-electron chi connectivity index (χ0n) is 10.5. The Labute approximate surface area is 115 Å². The lowest BCUT2D eigenvalue weighted by Gasteiger charge is -2.35. The van der Waals surface area contributed by atoms with Crippen LogP contribution in [0.4, 0.5) is 0 Å². The quantitative estimate of drug-likeness (QED) is 0.914. The number of likely N-dealkylation sites (tertiary alicyclic amines) is 1. The van der Waals surface area contributed by atoms with Gasteiger partial charge in [-0.15, -0.1) is 23.7 Å². The van der Waals surface area contributed by atoms with Gasteiger partial charge in [-0.25, -0.2) is 0 Å². The molecule has 1 saturated heterocycles. The molecule has 1 aliphatic heterocycles. The summed E-state index contributed by atoms with van der Waals surface area (Å²) in [6.07, 6.45) is 5.22. The third kappa shape index (κ3) is 4.25. The second kappa shape index (κ2) is 7.37. The molecule has 0 saturated carbocycles. The number of hydrogen-bond acceptors (Lipinski definition) is 3. The van der Waals surface area contributed by atoms with Crippen molar-refractivity contribution in [2.75, 3.05) is 13.1 Å². The largest absolute Gasteiger partial charge is 0.330 e. The number of thiophene rings is 1. The van der Waals surface area contributed by atoms with Crippen LogP contribution < -0.4 is 5.73 Å². The van der Waals surface area contributed by atoms with Gasteiger partial charge >= 0.3 is 0 Å². The van der Waals surface area contributed by atoms with E-state index in [-0.39, 0.29) is 12.4 Å². The summed E-state index contributed by atoms with van der Waals surface area (Å²) in [7, 11) is 0. The molecule has 1 aliphatic rings. The fourth-order valence-corrected chi connectivity index (χ4v) is 3.47. The number of nitrogens with zero attached hydrogens (tertiary/aromatic N) is 1. The minimum absolute atomic E-state index is 0. The van der Waals surface area contributed by atoms with Crippen molar-refractivity contribution in [1.29, 1.82) is 0 Å². The predicted molar refractivity (Wildman–Crippen MR) is 78.0 cm³/mol. The van der Waals surface area contributed by atoms with Gasteiger partial charge in [-0.05, 0) is 51.4 Å². The number of nitrogens with two attached hydrogens (primary N) is 1. The molecule has 0 aliphatic carbocycles. The monoisotopic (exact) mass is 274 g/mol. The van der Waals surface area contributed by atoms with Gasteiger partial charge in [0.1, 0.15) is 0 Å². The summed E-state index contributed by atoms with van der Waals surface area (Å²) in [5.41, 5.74) is 5.70. The Morgan fingerprint density at radius 1 is 1.41 bits per heavy atom. The molecule has 0 aromatic carbocycles. The molecule has 2 rings (SSSR count). The Morgan fingerprint density at radius 3 is 2.88 bits per heavy atom. The molecule has 1 atom stereocenters. The smallest absolute Gasteiger partial charge is 0.0330 e. The molecule has 4 heteroatoms. The molecule has 0 amide bonds. The lowest BCUT2D eigenvalue weighted by Crippen LogP contribution is -2.39. The Kier molecular flexibility index (Phi) is 6.49. The van der Waals surface area contributed by atoms with Crippen LogP contribution in [0.3, 0.4) is 0 Å². The minimum Gasteiger partial charge on any atom is -0.330 e. The summed E-state index contributed by atoms with van der Waals surface area (Å²) in [6.45, 7) is 5.39. The second-order valence-electron chi connectivity index (χ2n) is 4.71. The van der Waals surface area contributed by atoms with Gasteiger partial charge in [0.2, 0.25) is 0 Å². The molecular formula is C13H23ClN2S. The molecule has 1 aromatic rings. The average molecular weight is 275 g/mol. The van der Waals surface area contributed by atoms with Crippen LogP contribution in [-0.4, -0.2) is 24.0 Å². The highest BCUT2D eigenvalue weighted by atomic mass is 35.5. The lowest BCUT2D eigenvalue weighted by molar-refractivity contribution is 0.135. The van der Waals surface area contributed by atoms with Crippen molar-refractivity contribution < 1.29 is 0 Å². The standard InChI is InChI=1S/C13H22N2S.ClH/c1-11-5-6-13(16-11)10-15-9-3-2-4-12(15)7-8-14;/h5-6,12H,2-4,7-10,14H2,1H3;1H. The van der Waals surface area contributed by atoms with Crippen molar-refractivity contribution >= 4 is 23.7 Å². The number of hydrogen-bond donors (Lipinski definition) is 1. The van der Waals surface area contributed by atoms with Crippen molar-refractivity contribution in [2.24, 2.45) is 5.73 Å². The molecule has 0 bridgehead atoms. The molecule has 0 spiro atoms. The van der Waals surface area contributed by atoms with Gasteiger partial charge in [-0.3, -0.25) is 4.90 Å². The number of piperidine rings is 1. The van der Waals surface area contributed by atoms with Gasteiger partial charge in [-0.2, -0.15) is 0 Å². The molecule has 98 valence electrons. The Bertz CT molecular complexity index is 325. The van der Waals surface area contributed by atoms with Crippen LogP contribution in [0.25, 0.3) is 0 Å². The van der Waals surface area contributed by atoms with Crippen molar-refractivity contribution in [2.45, 2.75) is 45.2 Å².